The number of aromatic nitrogens is 1. The minimum Gasteiger partial charge on any atom is -0.384 e. The van der Waals surface area contributed by atoms with Gasteiger partial charge in [-0.05, 0) is 41.8 Å². The average molecular weight is 456 g/mol. The molecule has 0 saturated carbocycles. The second-order valence-electron chi connectivity index (χ2n) is 7.15. The van der Waals surface area contributed by atoms with E-state index in [9.17, 15) is 13.2 Å². The monoisotopic (exact) mass is 455 g/mol. The van der Waals surface area contributed by atoms with Gasteiger partial charge in [-0.2, -0.15) is 4.72 Å². The Balaban J connectivity index is 1.46. The molecule has 1 aliphatic heterocycles. The van der Waals surface area contributed by atoms with Gasteiger partial charge in [0, 0.05) is 35.9 Å². The number of amides is 1. The predicted molar refractivity (Wildman–Crippen MR) is 119 cm³/mol. The number of hydrogen-bond acceptors (Lipinski definition) is 6. The van der Waals surface area contributed by atoms with E-state index in [4.69, 9.17) is 11.1 Å². The summed E-state index contributed by atoms with van der Waals surface area (Å²) in [6, 6.07) is 13.2. The van der Waals surface area contributed by atoms with E-state index in [1.165, 1.54) is 0 Å². The second kappa shape index (κ2) is 8.58. The number of thiophene rings is 1. The van der Waals surface area contributed by atoms with E-state index in [0.717, 1.165) is 27.3 Å². The topological polar surface area (TPSA) is 129 Å². The third kappa shape index (κ3) is 4.50. The van der Waals surface area contributed by atoms with E-state index in [2.05, 4.69) is 9.71 Å². The lowest BCUT2D eigenvalue weighted by molar-refractivity contribution is -0.129. The number of benzene rings is 1. The predicted octanol–water partition coefficient (Wildman–Crippen LogP) is 2.17. The van der Waals surface area contributed by atoms with E-state index >= 15 is 0 Å². The van der Waals surface area contributed by atoms with E-state index in [-0.39, 0.29) is 22.5 Å². The number of carbonyl (C=O) groups is 1. The van der Waals surface area contributed by atoms with Gasteiger partial charge in [-0.25, -0.2) is 8.42 Å². The maximum Gasteiger partial charge on any atom is 0.250 e. The highest BCUT2D eigenvalue weighted by atomic mass is 32.2. The molecule has 10 heteroatoms. The van der Waals surface area contributed by atoms with Gasteiger partial charge in [0.15, 0.2) is 0 Å². The fourth-order valence-electron chi connectivity index (χ4n) is 3.51. The van der Waals surface area contributed by atoms with Crippen molar-refractivity contribution in [1.29, 1.82) is 5.41 Å². The van der Waals surface area contributed by atoms with Crippen LogP contribution in [0.5, 0.6) is 0 Å². The van der Waals surface area contributed by atoms with Gasteiger partial charge in [0.05, 0.1) is 0 Å². The highest BCUT2D eigenvalue weighted by Crippen LogP contribution is 2.30. The molecule has 4 rings (SSSR count). The van der Waals surface area contributed by atoms with Gasteiger partial charge in [-0.1, -0.05) is 24.3 Å². The fraction of sp³-hybridized carbons (Fsp3) is 0.190. The number of nitrogens with two attached hydrogens (primary N) is 1. The van der Waals surface area contributed by atoms with Crippen LogP contribution in [0.2, 0.25) is 0 Å². The van der Waals surface area contributed by atoms with Crippen LogP contribution in [-0.4, -0.2) is 42.6 Å². The Morgan fingerprint density at radius 3 is 2.68 bits per heavy atom. The molecule has 4 N–H and O–H groups in total. The van der Waals surface area contributed by atoms with Crippen LogP contribution < -0.4 is 10.5 Å². The summed E-state index contributed by atoms with van der Waals surface area (Å²) < 4.78 is 28.4. The summed E-state index contributed by atoms with van der Waals surface area (Å²) in [4.78, 5) is 19.2. The Bertz CT molecular complexity index is 1220. The molecular formula is C21H21N5O3S2. The summed E-state index contributed by atoms with van der Waals surface area (Å²) in [7, 11) is -3.83. The summed E-state index contributed by atoms with van der Waals surface area (Å²) in [6.07, 6.45) is 3.68. The number of sulfonamides is 1. The average Bonchev–Trinajstić information content (AvgIpc) is 3.38. The van der Waals surface area contributed by atoms with Crippen molar-refractivity contribution in [2.75, 3.05) is 6.54 Å². The van der Waals surface area contributed by atoms with Crippen LogP contribution in [-0.2, 0) is 21.4 Å². The first-order valence-electron chi connectivity index (χ1n) is 9.59. The van der Waals surface area contributed by atoms with Crippen molar-refractivity contribution in [3.05, 3.63) is 72.1 Å². The van der Waals surface area contributed by atoms with Crippen LogP contribution in [0.3, 0.4) is 0 Å². The zero-order valence-electron chi connectivity index (χ0n) is 16.5. The summed E-state index contributed by atoms with van der Waals surface area (Å²) in [6.45, 7) is 0.697. The molecule has 3 aromatic rings. The van der Waals surface area contributed by atoms with Crippen LogP contribution in [0.4, 0.5) is 0 Å². The maximum absolute atomic E-state index is 12.9. The molecule has 0 aliphatic carbocycles. The number of hydrogen-bond donors (Lipinski definition) is 3. The van der Waals surface area contributed by atoms with Gasteiger partial charge >= 0.3 is 0 Å². The summed E-state index contributed by atoms with van der Waals surface area (Å²) >= 11 is 1.15. The molecule has 31 heavy (non-hydrogen) atoms. The summed E-state index contributed by atoms with van der Waals surface area (Å²) in [5.74, 6) is -0.352. The minimum atomic E-state index is -3.83. The molecule has 3 heterocycles. The standard InChI is InChI=1S/C21H21N5O3S2/c22-20(23)16-4-2-1-3-15(16)13-26-12-9-17(21(26)27)25-31(28,29)19-6-5-18(30-19)14-7-10-24-11-8-14/h1-8,10-11,17,25H,9,12-13H2,(H3,22,23). The highest BCUT2D eigenvalue weighted by Gasteiger charge is 2.35. The highest BCUT2D eigenvalue weighted by molar-refractivity contribution is 7.91. The maximum atomic E-state index is 12.9. The lowest BCUT2D eigenvalue weighted by atomic mass is 10.1. The molecule has 1 unspecified atom stereocenters. The normalized spacial score (nSPS) is 16.6. The molecule has 1 fully saturated rings. The molecule has 1 aromatic carbocycles. The number of nitrogen functional groups attached to an aromatic ring is 1. The minimum absolute atomic E-state index is 0.0674. The number of nitrogens with one attached hydrogen (secondary N) is 2. The summed E-state index contributed by atoms with van der Waals surface area (Å²) in [5.41, 5.74) is 7.84. The third-order valence-corrected chi connectivity index (χ3v) is 8.17. The van der Waals surface area contributed by atoms with E-state index in [1.54, 1.807) is 41.6 Å². The SMILES string of the molecule is N=C(N)c1ccccc1CN1CCC(NS(=O)(=O)c2ccc(-c3ccncc3)s2)C1=O. The zero-order valence-corrected chi connectivity index (χ0v) is 18.1. The second-order valence-corrected chi connectivity index (χ2v) is 10.2. The number of likely N-dealkylation sites (tertiary alicyclic amines) is 1. The lowest BCUT2D eigenvalue weighted by Gasteiger charge is -2.19. The largest absolute Gasteiger partial charge is 0.384 e. The van der Waals surface area contributed by atoms with Gasteiger partial charge in [0.2, 0.25) is 5.91 Å². The Morgan fingerprint density at radius 2 is 1.94 bits per heavy atom. The van der Waals surface area contributed by atoms with Crippen molar-refractivity contribution in [3.63, 3.8) is 0 Å². The first kappa shape index (κ1) is 21.2. The quantitative estimate of drug-likeness (QED) is 0.371. The number of rotatable bonds is 7. The fourth-order valence-corrected chi connectivity index (χ4v) is 6.07. The van der Waals surface area contributed by atoms with Crippen LogP contribution in [0.1, 0.15) is 17.5 Å². The van der Waals surface area contributed by atoms with Crippen molar-refractivity contribution in [2.45, 2.75) is 23.2 Å². The first-order chi connectivity index (χ1) is 14.8. The molecule has 1 saturated heterocycles. The van der Waals surface area contributed by atoms with E-state index < -0.39 is 16.1 Å². The van der Waals surface area contributed by atoms with Crippen molar-refractivity contribution >= 4 is 33.1 Å². The molecule has 1 atom stereocenters. The van der Waals surface area contributed by atoms with Crippen molar-refractivity contribution in [3.8, 4) is 10.4 Å². The zero-order chi connectivity index (χ0) is 22.0. The lowest BCUT2D eigenvalue weighted by Crippen LogP contribution is -2.41. The van der Waals surface area contributed by atoms with Crippen LogP contribution in [0, 0.1) is 5.41 Å². The van der Waals surface area contributed by atoms with Crippen molar-refractivity contribution in [2.24, 2.45) is 5.73 Å². The molecule has 8 nitrogen and oxygen atoms in total. The third-order valence-electron chi connectivity index (χ3n) is 5.07. The van der Waals surface area contributed by atoms with Gasteiger partial charge in [0.1, 0.15) is 16.1 Å². The molecule has 1 amide bonds. The van der Waals surface area contributed by atoms with Gasteiger partial charge < -0.3 is 10.6 Å². The number of amidine groups is 1. The van der Waals surface area contributed by atoms with Gasteiger partial charge in [-0.15, -0.1) is 11.3 Å². The molecule has 2 aromatic heterocycles. The van der Waals surface area contributed by atoms with E-state index in [0.29, 0.717) is 18.5 Å². The molecule has 1 aliphatic rings. The number of pyridine rings is 1. The first-order valence-corrected chi connectivity index (χ1v) is 11.9. The van der Waals surface area contributed by atoms with E-state index in [1.807, 2.05) is 24.3 Å². The Kier molecular flexibility index (Phi) is 5.86. The molecule has 160 valence electrons. The smallest absolute Gasteiger partial charge is 0.250 e. The van der Waals surface area contributed by atoms with Gasteiger partial charge in [0.25, 0.3) is 10.0 Å². The van der Waals surface area contributed by atoms with Crippen molar-refractivity contribution < 1.29 is 13.2 Å². The Morgan fingerprint density at radius 1 is 1.19 bits per heavy atom. The van der Waals surface area contributed by atoms with Crippen LogP contribution in [0.25, 0.3) is 10.4 Å². The Hall–Kier alpha value is -3.08. The number of carbonyl (C=O) groups excluding carboxylic acids is 1. The number of nitrogens with zero attached hydrogens (tertiary/aromatic N) is 2. The Labute approximate surface area is 184 Å². The molecule has 0 spiro atoms. The summed E-state index contributed by atoms with van der Waals surface area (Å²) in [5, 5.41) is 7.70. The molecular weight excluding hydrogens is 434 g/mol. The molecule has 0 bridgehead atoms. The van der Waals surface area contributed by atoms with Crippen molar-refractivity contribution in [1.82, 2.24) is 14.6 Å². The molecule has 0 radical (unpaired) electrons. The van der Waals surface area contributed by atoms with Crippen LogP contribution >= 0.6 is 11.3 Å². The van der Waals surface area contributed by atoms with Gasteiger partial charge in [-0.3, -0.25) is 15.2 Å². The van der Waals surface area contributed by atoms with Crippen LogP contribution in [0.15, 0.2) is 65.1 Å².